The van der Waals surface area contributed by atoms with Crippen LogP contribution in [-0.4, -0.2) is 43.2 Å². The van der Waals surface area contributed by atoms with Crippen molar-refractivity contribution in [2.75, 3.05) is 31.1 Å². The highest BCUT2D eigenvalue weighted by molar-refractivity contribution is 5.94. The van der Waals surface area contributed by atoms with Crippen molar-refractivity contribution in [3.8, 4) is 0 Å². The Morgan fingerprint density at radius 3 is 2.63 bits per heavy atom. The van der Waals surface area contributed by atoms with Gasteiger partial charge in [0.05, 0.1) is 0 Å². The number of halogens is 1. The fraction of sp³-hybridized carbons (Fsp3) is 0.409. The monoisotopic (exact) mass is 367 g/mol. The van der Waals surface area contributed by atoms with Crippen LogP contribution in [0.15, 0.2) is 48.5 Å². The van der Waals surface area contributed by atoms with Gasteiger partial charge in [-0.15, -0.1) is 0 Å². The van der Waals surface area contributed by atoms with Gasteiger partial charge in [0, 0.05) is 37.9 Å². The highest BCUT2D eigenvalue weighted by Crippen LogP contribution is 2.28. The molecule has 0 aromatic heterocycles. The fourth-order valence-corrected chi connectivity index (χ4v) is 4.07. The van der Waals surface area contributed by atoms with Crippen molar-refractivity contribution in [2.24, 2.45) is 0 Å². The van der Waals surface area contributed by atoms with Crippen LogP contribution in [0.2, 0.25) is 0 Å². The van der Waals surface area contributed by atoms with E-state index in [1.54, 1.807) is 11.0 Å². The van der Waals surface area contributed by atoms with Crippen LogP contribution < -0.4 is 10.2 Å². The summed E-state index contributed by atoms with van der Waals surface area (Å²) in [6, 6.07) is 15.4. The number of likely N-dealkylation sites (tertiary alicyclic amines) is 1. The van der Waals surface area contributed by atoms with Gasteiger partial charge in [0.2, 0.25) is 0 Å². The average Bonchev–Trinajstić information content (AvgIpc) is 3.11. The Kier molecular flexibility index (Phi) is 5.39. The maximum absolute atomic E-state index is 13.3. The van der Waals surface area contributed by atoms with Gasteiger partial charge in [-0.1, -0.05) is 30.3 Å². The summed E-state index contributed by atoms with van der Waals surface area (Å²) >= 11 is 0. The predicted molar refractivity (Wildman–Crippen MR) is 106 cm³/mol. The summed E-state index contributed by atoms with van der Waals surface area (Å²) < 4.78 is 13.3. The first-order valence-corrected chi connectivity index (χ1v) is 9.82. The largest absolute Gasteiger partial charge is 0.335 e. The van der Waals surface area contributed by atoms with Crippen LogP contribution in [-0.2, 0) is 12.8 Å². The van der Waals surface area contributed by atoms with Crippen LogP contribution >= 0.6 is 0 Å². The molecule has 4 rings (SSSR count). The second-order valence-electron chi connectivity index (χ2n) is 7.48. The van der Waals surface area contributed by atoms with Gasteiger partial charge in [0.1, 0.15) is 5.82 Å². The number of carbonyl (C=O) groups excluding carboxylic acids is 1. The summed E-state index contributed by atoms with van der Waals surface area (Å²) in [6.07, 6.45) is 3.74. The molecule has 5 heteroatoms. The predicted octanol–water partition coefficient (Wildman–Crippen LogP) is 3.60. The Morgan fingerprint density at radius 1 is 1.07 bits per heavy atom. The summed E-state index contributed by atoms with van der Waals surface area (Å²) in [5, 5.41) is 3.18. The molecule has 2 heterocycles. The topological polar surface area (TPSA) is 35.6 Å². The molecule has 0 radical (unpaired) electrons. The molecule has 2 aliphatic rings. The van der Waals surface area contributed by atoms with Crippen molar-refractivity contribution in [1.29, 1.82) is 0 Å². The SMILES string of the molecule is O=C(NC1CCN(CCc2ccccc2)CC1)N1CCc2cc(F)ccc21. The van der Waals surface area contributed by atoms with E-state index in [0.29, 0.717) is 6.54 Å². The zero-order valence-electron chi connectivity index (χ0n) is 15.5. The van der Waals surface area contributed by atoms with E-state index in [1.807, 2.05) is 6.07 Å². The summed E-state index contributed by atoms with van der Waals surface area (Å²) in [6.45, 7) is 3.72. The maximum Gasteiger partial charge on any atom is 0.322 e. The van der Waals surface area contributed by atoms with Crippen molar-refractivity contribution in [2.45, 2.75) is 31.7 Å². The lowest BCUT2D eigenvalue weighted by molar-refractivity contribution is 0.196. The Bertz CT molecular complexity index is 787. The molecule has 1 N–H and O–H groups in total. The lowest BCUT2D eigenvalue weighted by Crippen LogP contribution is -2.49. The zero-order chi connectivity index (χ0) is 18.6. The summed E-state index contributed by atoms with van der Waals surface area (Å²) in [5.41, 5.74) is 3.13. The number of amides is 2. The highest BCUT2D eigenvalue weighted by Gasteiger charge is 2.27. The third-order valence-electron chi connectivity index (χ3n) is 5.66. The van der Waals surface area contributed by atoms with Crippen molar-refractivity contribution in [1.82, 2.24) is 10.2 Å². The zero-order valence-corrected chi connectivity index (χ0v) is 15.5. The molecule has 0 atom stereocenters. The molecule has 2 aromatic rings. The first-order chi connectivity index (χ1) is 13.2. The quantitative estimate of drug-likeness (QED) is 0.896. The smallest absolute Gasteiger partial charge is 0.322 e. The number of piperidine rings is 1. The molecule has 27 heavy (non-hydrogen) atoms. The Balaban J connectivity index is 1.24. The van der Waals surface area contributed by atoms with Gasteiger partial charge in [-0.25, -0.2) is 9.18 Å². The molecule has 1 fully saturated rings. The number of urea groups is 1. The fourth-order valence-electron chi connectivity index (χ4n) is 4.07. The molecular weight excluding hydrogens is 341 g/mol. The van der Waals surface area contributed by atoms with Gasteiger partial charge in [0.15, 0.2) is 0 Å². The van der Waals surface area contributed by atoms with E-state index in [1.165, 1.54) is 17.7 Å². The number of benzene rings is 2. The molecule has 0 aliphatic carbocycles. The van der Waals surface area contributed by atoms with E-state index < -0.39 is 0 Å². The van der Waals surface area contributed by atoms with E-state index in [2.05, 4.69) is 34.5 Å². The van der Waals surface area contributed by atoms with Crippen LogP contribution in [0, 0.1) is 5.82 Å². The first kappa shape index (κ1) is 18.0. The van der Waals surface area contributed by atoms with E-state index in [4.69, 9.17) is 0 Å². The lowest BCUT2D eigenvalue weighted by atomic mass is 10.0. The average molecular weight is 367 g/mol. The van der Waals surface area contributed by atoms with E-state index in [-0.39, 0.29) is 17.9 Å². The second-order valence-corrected chi connectivity index (χ2v) is 7.48. The second kappa shape index (κ2) is 8.09. The maximum atomic E-state index is 13.3. The first-order valence-electron chi connectivity index (χ1n) is 9.82. The molecule has 0 unspecified atom stereocenters. The molecule has 2 aliphatic heterocycles. The van der Waals surface area contributed by atoms with Crippen LogP contribution in [0.5, 0.6) is 0 Å². The van der Waals surface area contributed by atoms with Crippen molar-refractivity contribution < 1.29 is 9.18 Å². The molecule has 2 amide bonds. The standard InChI is InChI=1S/C22H26FN3O/c23-19-6-7-21-18(16-19)9-15-26(21)22(27)24-20-10-13-25(14-11-20)12-8-17-4-2-1-3-5-17/h1-7,16,20H,8-15H2,(H,24,27). The lowest BCUT2D eigenvalue weighted by Gasteiger charge is -2.33. The van der Waals surface area contributed by atoms with Crippen LogP contribution in [0.1, 0.15) is 24.0 Å². The minimum absolute atomic E-state index is 0.0527. The number of anilines is 1. The number of carbonyl (C=O) groups is 1. The third-order valence-corrected chi connectivity index (χ3v) is 5.66. The number of nitrogens with zero attached hydrogens (tertiary/aromatic N) is 2. The van der Waals surface area contributed by atoms with Gasteiger partial charge < -0.3 is 10.2 Å². The Labute approximate surface area is 160 Å². The van der Waals surface area contributed by atoms with Gasteiger partial charge in [-0.3, -0.25) is 4.90 Å². The van der Waals surface area contributed by atoms with E-state index in [0.717, 1.165) is 56.6 Å². The van der Waals surface area contributed by atoms with Crippen molar-refractivity contribution in [3.63, 3.8) is 0 Å². The third kappa shape index (κ3) is 4.30. The van der Waals surface area contributed by atoms with Gasteiger partial charge >= 0.3 is 6.03 Å². The molecule has 0 saturated carbocycles. The van der Waals surface area contributed by atoms with Gasteiger partial charge in [-0.05, 0) is 55.0 Å². The van der Waals surface area contributed by atoms with Crippen LogP contribution in [0.4, 0.5) is 14.9 Å². The van der Waals surface area contributed by atoms with Crippen molar-refractivity contribution >= 4 is 11.7 Å². The molecule has 1 saturated heterocycles. The van der Waals surface area contributed by atoms with Gasteiger partial charge in [-0.2, -0.15) is 0 Å². The number of rotatable bonds is 4. The number of hydrogen-bond donors (Lipinski definition) is 1. The molecule has 142 valence electrons. The van der Waals surface area contributed by atoms with E-state index >= 15 is 0 Å². The molecule has 4 nitrogen and oxygen atoms in total. The van der Waals surface area contributed by atoms with Crippen LogP contribution in [0.3, 0.4) is 0 Å². The molecular formula is C22H26FN3O. The summed E-state index contributed by atoms with van der Waals surface area (Å²) in [7, 11) is 0. The Morgan fingerprint density at radius 2 is 1.85 bits per heavy atom. The van der Waals surface area contributed by atoms with Crippen molar-refractivity contribution in [3.05, 3.63) is 65.5 Å². The molecule has 0 spiro atoms. The van der Waals surface area contributed by atoms with Crippen LogP contribution in [0.25, 0.3) is 0 Å². The van der Waals surface area contributed by atoms with Gasteiger partial charge in [0.25, 0.3) is 0 Å². The summed E-state index contributed by atoms with van der Waals surface area (Å²) in [5.74, 6) is -0.237. The highest BCUT2D eigenvalue weighted by atomic mass is 19.1. The Hall–Kier alpha value is -2.40. The summed E-state index contributed by atoms with van der Waals surface area (Å²) in [4.78, 5) is 16.9. The van der Waals surface area contributed by atoms with E-state index in [9.17, 15) is 9.18 Å². The molecule has 2 aromatic carbocycles. The number of nitrogens with one attached hydrogen (secondary N) is 1. The number of fused-ring (bicyclic) bond motifs is 1. The molecule has 0 bridgehead atoms. The number of hydrogen-bond acceptors (Lipinski definition) is 2. The normalized spacial score (nSPS) is 17.7. The minimum Gasteiger partial charge on any atom is -0.335 e. The minimum atomic E-state index is -0.237.